The summed E-state index contributed by atoms with van der Waals surface area (Å²) in [4.78, 5) is 0. The van der Waals surface area contributed by atoms with E-state index in [1.54, 1.807) is 0 Å². The van der Waals surface area contributed by atoms with Crippen molar-refractivity contribution in [2.45, 2.75) is 12.8 Å². The monoisotopic (exact) mass is 238 g/mol. The molecule has 0 N–H and O–H groups in total. The van der Waals surface area contributed by atoms with Gasteiger partial charge >= 0.3 is 29.6 Å². The molecule has 78 valence electrons. The molecule has 0 saturated heterocycles. The van der Waals surface area contributed by atoms with Crippen LogP contribution in [0.2, 0.25) is 0 Å². The predicted octanol–water partition coefficient (Wildman–Crippen LogP) is -1.90. The van der Waals surface area contributed by atoms with Crippen molar-refractivity contribution in [1.29, 1.82) is 0 Å². The molecule has 4 nitrogen and oxygen atoms in total. The van der Waals surface area contributed by atoms with E-state index >= 15 is 0 Å². The maximum absolute atomic E-state index is 10.1. The van der Waals surface area contributed by atoms with Gasteiger partial charge in [0, 0.05) is 0 Å². The molecule has 0 radical (unpaired) electrons. The molecule has 0 atom stereocenters. The standard InChI is InChI=1S/C9H12O4S.Na/c10-14(11,12)13-8-4-7-9-5-2-1-3-6-9;/h1-3,5-6H,4,7-8H2,(H,10,11,12);/q;+1/p-1. The molecule has 0 heterocycles. The summed E-state index contributed by atoms with van der Waals surface area (Å²) in [7, 11) is -4.53. The minimum Gasteiger partial charge on any atom is -0.726 e. The molecular weight excluding hydrogens is 227 g/mol. The van der Waals surface area contributed by atoms with Crippen molar-refractivity contribution < 1.29 is 46.7 Å². The second-order valence-corrected chi connectivity index (χ2v) is 3.87. The first-order valence-electron chi connectivity index (χ1n) is 4.22. The topological polar surface area (TPSA) is 66.4 Å². The minimum absolute atomic E-state index is 0. The molecule has 6 heteroatoms. The summed E-state index contributed by atoms with van der Waals surface area (Å²) in [5.41, 5.74) is 1.10. The van der Waals surface area contributed by atoms with E-state index in [4.69, 9.17) is 0 Å². The zero-order valence-electron chi connectivity index (χ0n) is 8.55. The molecule has 1 aromatic rings. The first-order chi connectivity index (χ1) is 6.58. The van der Waals surface area contributed by atoms with Crippen molar-refractivity contribution in [2.24, 2.45) is 0 Å². The Morgan fingerprint density at radius 1 is 1.20 bits per heavy atom. The van der Waals surface area contributed by atoms with Crippen LogP contribution in [0.1, 0.15) is 12.0 Å². The maximum atomic E-state index is 10.1. The Morgan fingerprint density at radius 2 is 1.80 bits per heavy atom. The van der Waals surface area contributed by atoms with Crippen molar-refractivity contribution in [2.75, 3.05) is 6.61 Å². The van der Waals surface area contributed by atoms with Crippen molar-refractivity contribution >= 4 is 10.4 Å². The second kappa shape index (κ2) is 7.38. The first kappa shape index (κ1) is 15.1. The van der Waals surface area contributed by atoms with Crippen LogP contribution in [-0.2, 0) is 21.0 Å². The third-order valence-corrected chi connectivity index (χ3v) is 2.14. The van der Waals surface area contributed by atoms with Gasteiger partial charge in [0.1, 0.15) is 0 Å². The third-order valence-electron chi connectivity index (χ3n) is 1.68. The normalized spacial score (nSPS) is 10.7. The number of rotatable bonds is 5. The Bertz CT molecular complexity index is 363. The smallest absolute Gasteiger partial charge is 0.726 e. The van der Waals surface area contributed by atoms with E-state index in [0.29, 0.717) is 12.8 Å². The van der Waals surface area contributed by atoms with Gasteiger partial charge < -0.3 is 4.55 Å². The fourth-order valence-electron chi connectivity index (χ4n) is 1.08. The van der Waals surface area contributed by atoms with Gasteiger partial charge in [0.25, 0.3) is 0 Å². The molecule has 0 amide bonds. The third kappa shape index (κ3) is 7.96. The van der Waals surface area contributed by atoms with Gasteiger partial charge in [-0.15, -0.1) is 0 Å². The molecule has 0 aliphatic carbocycles. The Labute approximate surface area is 112 Å². The Hall–Kier alpha value is 0.0900. The van der Waals surface area contributed by atoms with Crippen LogP contribution in [0.15, 0.2) is 30.3 Å². The van der Waals surface area contributed by atoms with Crippen molar-refractivity contribution in [3.05, 3.63) is 35.9 Å². The summed E-state index contributed by atoms with van der Waals surface area (Å²) in [6.07, 6.45) is 1.22. The molecule has 0 saturated carbocycles. The van der Waals surface area contributed by atoms with Crippen LogP contribution in [0.4, 0.5) is 0 Å². The SMILES string of the molecule is O=S(=O)([O-])OCCCc1ccccc1.[Na+]. The fourth-order valence-corrected chi connectivity index (χ4v) is 1.40. The molecule has 0 spiro atoms. The average Bonchev–Trinajstić information content (AvgIpc) is 2.13. The molecule has 0 bridgehead atoms. The molecule has 0 fully saturated rings. The van der Waals surface area contributed by atoms with Crippen LogP contribution < -0.4 is 29.6 Å². The maximum Gasteiger partial charge on any atom is 1.00 e. The van der Waals surface area contributed by atoms with Crippen molar-refractivity contribution in [1.82, 2.24) is 0 Å². The molecule has 0 aliphatic rings. The number of aryl methyl sites for hydroxylation is 1. The van der Waals surface area contributed by atoms with Crippen molar-refractivity contribution in [3.8, 4) is 0 Å². The van der Waals surface area contributed by atoms with Crippen LogP contribution in [0.5, 0.6) is 0 Å². The molecule has 0 aromatic heterocycles. The minimum atomic E-state index is -4.53. The Balaban J connectivity index is 0.00000196. The number of hydrogen-bond acceptors (Lipinski definition) is 4. The van der Waals surface area contributed by atoms with Gasteiger partial charge in [0.15, 0.2) is 0 Å². The van der Waals surface area contributed by atoms with Gasteiger partial charge in [-0.3, -0.25) is 4.18 Å². The fraction of sp³-hybridized carbons (Fsp3) is 0.333. The molecule has 1 aromatic carbocycles. The first-order valence-corrected chi connectivity index (χ1v) is 5.55. The van der Waals surface area contributed by atoms with Crippen LogP contribution in [0, 0.1) is 0 Å². The van der Waals surface area contributed by atoms with E-state index in [2.05, 4.69) is 4.18 Å². The van der Waals surface area contributed by atoms with Gasteiger partial charge in [-0.25, -0.2) is 8.42 Å². The average molecular weight is 238 g/mol. The van der Waals surface area contributed by atoms with Crippen LogP contribution >= 0.6 is 0 Å². The van der Waals surface area contributed by atoms with Crippen LogP contribution in [-0.4, -0.2) is 19.6 Å². The largest absolute Gasteiger partial charge is 1.00 e. The van der Waals surface area contributed by atoms with E-state index < -0.39 is 10.4 Å². The zero-order chi connectivity index (χ0) is 10.4. The zero-order valence-corrected chi connectivity index (χ0v) is 11.4. The Kier molecular flexibility index (Phi) is 7.42. The summed E-state index contributed by atoms with van der Waals surface area (Å²) < 4.78 is 34.3. The van der Waals surface area contributed by atoms with Crippen LogP contribution in [0.3, 0.4) is 0 Å². The van der Waals surface area contributed by atoms with E-state index in [-0.39, 0.29) is 36.2 Å². The number of hydrogen-bond donors (Lipinski definition) is 0. The van der Waals surface area contributed by atoms with E-state index in [9.17, 15) is 13.0 Å². The van der Waals surface area contributed by atoms with Crippen molar-refractivity contribution in [3.63, 3.8) is 0 Å². The van der Waals surface area contributed by atoms with Gasteiger partial charge in [-0.2, -0.15) is 0 Å². The molecule has 0 unspecified atom stereocenters. The molecule has 0 aliphatic heterocycles. The summed E-state index contributed by atoms with van der Waals surface area (Å²) in [5.74, 6) is 0. The van der Waals surface area contributed by atoms with Crippen LogP contribution in [0.25, 0.3) is 0 Å². The van der Waals surface area contributed by atoms with Gasteiger partial charge in [0.05, 0.1) is 6.61 Å². The summed E-state index contributed by atoms with van der Waals surface area (Å²) >= 11 is 0. The van der Waals surface area contributed by atoms with Gasteiger partial charge in [-0.05, 0) is 18.4 Å². The Morgan fingerprint density at radius 3 is 2.33 bits per heavy atom. The van der Waals surface area contributed by atoms with Gasteiger partial charge in [0.2, 0.25) is 10.4 Å². The quantitative estimate of drug-likeness (QED) is 0.260. The number of benzene rings is 1. The molecular formula is C9H11NaO4S. The second-order valence-electron chi connectivity index (χ2n) is 2.82. The molecule has 1 rings (SSSR count). The van der Waals surface area contributed by atoms with E-state index in [1.165, 1.54) is 0 Å². The summed E-state index contributed by atoms with van der Waals surface area (Å²) in [5, 5.41) is 0. The predicted molar refractivity (Wildman–Crippen MR) is 50.4 cm³/mol. The summed E-state index contributed by atoms with van der Waals surface area (Å²) in [6, 6.07) is 9.58. The molecule has 15 heavy (non-hydrogen) atoms. The summed E-state index contributed by atoms with van der Waals surface area (Å²) in [6.45, 7) is -0.0548. The van der Waals surface area contributed by atoms with E-state index in [1.807, 2.05) is 30.3 Å². The van der Waals surface area contributed by atoms with E-state index in [0.717, 1.165) is 5.56 Å². The van der Waals surface area contributed by atoms with Gasteiger partial charge in [-0.1, -0.05) is 30.3 Å².